The molecule has 1 aliphatic rings. The Morgan fingerprint density at radius 3 is 2.00 bits per heavy atom. The lowest BCUT2D eigenvalue weighted by Crippen LogP contribution is -2.36. The van der Waals surface area contributed by atoms with Crippen molar-refractivity contribution in [2.24, 2.45) is 0 Å². The summed E-state index contributed by atoms with van der Waals surface area (Å²) in [6.45, 7) is 3.30. The lowest BCUT2D eigenvalue weighted by molar-refractivity contribution is 0.103. The molecule has 4 heteroatoms. The second-order valence-electron chi connectivity index (χ2n) is 4.98. The molecule has 0 unspecified atom stereocenters. The molecule has 1 saturated heterocycles. The molecule has 2 aromatic rings. The Labute approximate surface area is 129 Å². The minimum absolute atomic E-state index is 0.0141. The van der Waals surface area contributed by atoms with Crippen molar-refractivity contribution in [3.8, 4) is 0 Å². The highest BCUT2D eigenvalue weighted by Crippen LogP contribution is 2.19. The Balaban J connectivity index is 1.77. The van der Waals surface area contributed by atoms with Crippen LogP contribution in [0.2, 0.25) is 5.02 Å². The summed E-state index contributed by atoms with van der Waals surface area (Å²) in [7, 11) is 0. The first-order chi connectivity index (χ1) is 10.2. The Morgan fingerprint density at radius 1 is 0.905 bits per heavy atom. The molecule has 0 bridgehead atoms. The summed E-state index contributed by atoms with van der Waals surface area (Å²) in [6, 6.07) is 14.7. The highest BCUT2D eigenvalue weighted by molar-refractivity contribution is 6.30. The number of nitrogens with zero attached hydrogens (tertiary/aromatic N) is 1. The van der Waals surface area contributed by atoms with Gasteiger partial charge in [-0.3, -0.25) is 4.79 Å². The first-order valence-electron chi connectivity index (χ1n) is 6.97. The average Bonchev–Trinajstić information content (AvgIpc) is 2.56. The summed E-state index contributed by atoms with van der Waals surface area (Å²) in [5.41, 5.74) is 2.47. The van der Waals surface area contributed by atoms with Gasteiger partial charge < -0.3 is 9.64 Å². The van der Waals surface area contributed by atoms with Crippen LogP contribution in [0.3, 0.4) is 0 Å². The highest BCUT2D eigenvalue weighted by atomic mass is 35.5. The van der Waals surface area contributed by atoms with Crippen molar-refractivity contribution in [1.82, 2.24) is 0 Å². The number of anilines is 1. The fourth-order valence-electron chi connectivity index (χ4n) is 2.41. The second kappa shape index (κ2) is 6.29. The molecule has 0 atom stereocenters. The molecule has 0 N–H and O–H groups in total. The summed E-state index contributed by atoms with van der Waals surface area (Å²) in [6.07, 6.45) is 0. The van der Waals surface area contributed by atoms with Gasteiger partial charge in [-0.15, -0.1) is 0 Å². The Bertz CT molecular complexity index is 616. The maximum atomic E-state index is 12.4. The van der Waals surface area contributed by atoms with Crippen LogP contribution >= 0.6 is 11.6 Å². The standard InChI is InChI=1S/C17H16ClNO2/c18-15-5-1-13(2-6-15)17(20)14-3-7-16(8-4-14)19-9-11-21-12-10-19/h1-8H,9-12H2. The molecule has 108 valence electrons. The van der Waals surface area contributed by atoms with E-state index < -0.39 is 0 Å². The first kappa shape index (κ1) is 14.1. The lowest BCUT2D eigenvalue weighted by atomic mass is 10.0. The fraction of sp³-hybridized carbons (Fsp3) is 0.235. The van der Waals surface area contributed by atoms with Crippen molar-refractivity contribution in [2.75, 3.05) is 31.2 Å². The molecule has 0 saturated carbocycles. The first-order valence-corrected chi connectivity index (χ1v) is 7.35. The van der Waals surface area contributed by atoms with E-state index in [9.17, 15) is 4.79 Å². The number of carbonyl (C=O) groups is 1. The van der Waals surface area contributed by atoms with Gasteiger partial charge in [0.25, 0.3) is 0 Å². The van der Waals surface area contributed by atoms with Crippen molar-refractivity contribution in [1.29, 1.82) is 0 Å². The third kappa shape index (κ3) is 3.26. The fourth-order valence-corrected chi connectivity index (χ4v) is 2.54. The van der Waals surface area contributed by atoms with E-state index >= 15 is 0 Å². The zero-order chi connectivity index (χ0) is 14.7. The van der Waals surface area contributed by atoms with E-state index in [4.69, 9.17) is 16.3 Å². The van der Waals surface area contributed by atoms with E-state index in [-0.39, 0.29) is 5.78 Å². The molecule has 3 rings (SSSR count). The third-order valence-electron chi connectivity index (χ3n) is 3.61. The molecule has 1 heterocycles. The average molecular weight is 302 g/mol. The normalized spacial score (nSPS) is 15.0. The predicted octanol–water partition coefficient (Wildman–Crippen LogP) is 3.41. The van der Waals surface area contributed by atoms with Gasteiger partial charge in [-0.25, -0.2) is 0 Å². The van der Waals surface area contributed by atoms with E-state index in [2.05, 4.69) is 4.90 Å². The number of ketones is 1. The Morgan fingerprint density at radius 2 is 1.43 bits per heavy atom. The smallest absolute Gasteiger partial charge is 0.193 e. The van der Waals surface area contributed by atoms with Gasteiger partial charge in [0.2, 0.25) is 0 Å². The maximum absolute atomic E-state index is 12.4. The van der Waals surface area contributed by atoms with Crippen molar-refractivity contribution in [3.05, 3.63) is 64.7 Å². The number of hydrogen-bond donors (Lipinski definition) is 0. The molecule has 21 heavy (non-hydrogen) atoms. The van der Waals surface area contributed by atoms with Gasteiger partial charge >= 0.3 is 0 Å². The van der Waals surface area contributed by atoms with Gasteiger partial charge in [0, 0.05) is 34.9 Å². The monoisotopic (exact) mass is 301 g/mol. The summed E-state index contributed by atoms with van der Waals surface area (Å²) < 4.78 is 5.34. The lowest BCUT2D eigenvalue weighted by Gasteiger charge is -2.28. The number of benzene rings is 2. The molecule has 1 fully saturated rings. The summed E-state index contributed by atoms with van der Waals surface area (Å²) in [5.74, 6) is 0.0141. The van der Waals surface area contributed by atoms with Crippen LogP contribution in [0.1, 0.15) is 15.9 Å². The van der Waals surface area contributed by atoms with Gasteiger partial charge in [-0.05, 0) is 48.5 Å². The second-order valence-corrected chi connectivity index (χ2v) is 5.42. The molecular formula is C17H16ClNO2. The summed E-state index contributed by atoms with van der Waals surface area (Å²) in [5, 5.41) is 0.634. The van der Waals surface area contributed by atoms with Crippen LogP contribution in [-0.4, -0.2) is 32.1 Å². The number of hydrogen-bond acceptors (Lipinski definition) is 3. The van der Waals surface area contributed by atoms with Crippen LogP contribution < -0.4 is 4.90 Å². The van der Waals surface area contributed by atoms with E-state index in [1.807, 2.05) is 24.3 Å². The molecule has 0 radical (unpaired) electrons. The van der Waals surface area contributed by atoms with Crippen molar-refractivity contribution in [3.63, 3.8) is 0 Å². The number of carbonyl (C=O) groups excluding carboxylic acids is 1. The van der Waals surface area contributed by atoms with Crippen LogP contribution in [0.5, 0.6) is 0 Å². The maximum Gasteiger partial charge on any atom is 0.193 e. The minimum atomic E-state index is 0.0141. The minimum Gasteiger partial charge on any atom is -0.378 e. The van der Waals surface area contributed by atoms with Crippen LogP contribution in [0.25, 0.3) is 0 Å². The van der Waals surface area contributed by atoms with E-state index in [0.29, 0.717) is 16.1 Å². The molecule has 3 nitrogen and oxygen atoms in total. The third-order valence-corrected chi connectivity index (χ3v) is 3.86. The van der Waals surface area contributed by atoms with Gasteiger partial charge in [-0.2, -0.15) is 0 Å². The van der Waals surface area contributed by atoms with Gasteiger partial charge in [0.05, 0.1) is 13.2 Å². The number of rotatable bonds is 3. The number of halogens is 1. The van der Waals surface area contributed by atoms with Gasteiger partial charge in [0.15, 0.2) is 5.78 Å². The van der Waals surface area contributed by atoms with E-state index in [1.54, 1.807) is 24.3 Å². The number of ether oxygens (including phenoxy) is 1. The summed E-state index contributed by atoms with van der Waals surface area (Å²) in [4.78, 5) is 14.6. The highest BCUT2D eigenvalue weighted by Gasteiger charge is 2.13. The van der Waals surface area contributed by atoms with Crippen LogP contribution in [0.15, 0.2) is 48.5 Å². The van der Waals surface area contributed by atoms with Crippen molar-refractivity contribution >= 4 is 23.1 Å². The van der Waals surface area contributed by atoms with Crippen LogP contribution in [0, 0.1) is 0 Å². The molecular weight excluding hydrogens is 286 g/mol. The predicted molar refractivity (Wildman–Crippen MR) is 84.4 cm³/mol. The zero-order valence-electron chi connectivity index (χ0n) is 11.6. The van der Waals surface area contributed by atoms with E-state index in [1.165, 1.54) is 0 Å². The molecule has 2 aromatic carbocycles. The zero-order valence-corrected chi connectivity index (χ0v) is 12.3. The topological polar surface area (TPSA) is 29.5 Å². The largest absolute Gasteiger partial charge is 0.378 e. The van der Waals surface area contributed by atoms with Gasteiger partial charge in [0.1, 0.15) is 0 Å². The van der Waals surface area contributed by atoms with Crippen molar-refractivity contribution < 1.29 is 9.53 Å². The number of morpholine rings is 1. The summed E-state index contributed by atoms with van der Waals surface area (Å²) >= 11 is 5.84. The quantitative estimate of drug-likeness (QED) is 0.814. The molecule has 0 aliphatic carbocycles. The Kier molecular flexibility index (Phi) is 4.23. The Hall–Kier alpha value is -1.84. The van der Waals surface area contributed by atoms with Crippen LogP contribution in [0.4, 0.5) is 5.69 Å². The van der Waals surface area contributed by atoms with Crippen LogP contribution in [-0.2, 0) is 4.74 Å². The van der Waals surface area contributed by atoms with Gasteiger partial charge in [-0.1, -0.05) is 11.6 Å². The van der Waals surface area contributed by atoms with E-state index in [0.717, 1.165) is 32.0 Å². The molecule has 1 aliphatic heterocycles. The van der Waals surface area contributed by atoms with Crippen molar-refractivity contribution in [2.45, 2.75) is 0 Å². The molecule has 0 spiro atoms. The SMILES string of the molecule is O=C(c1ccc(Cl)cc1)c1ccc(N2CCOCC2)cc1. The molecule has 0 aromatic heterocycles. The molecule has 0 amide bonds.